The molecule has 0 unspecified atom stereocenters. The summed E-state index contributed by atoms with van der Waals surface area (Å²) in [4.78, 5) is 16.1. The molecule has 3 heterocycles. The Bertz CT molecular complexity index is 1050. The maximum atomic E-state index is 12.2. The molecule has 1 amide bonds. The Hall–Kier alpha value is -2.85. The standard InChI is InChI=1S/C16H11N3O5S2/c20-15-14(7-10-3-4-12-13(6-10)24-9-23-12)25-16(18-15)19-26(21,22)11-2-1-5-17-8-11/h1-8H,9H2,(H,18,19,20). The van der Waals surface area contributed by atoms with Gasteiger partial charge in [-0.15, -0.1) is 4.40 Å². The number of amides is 1. The molecule has 132 valence electrons. The molecule has 4 rings (SSSR count). The van der Waals surface area contributed by atoms with Crippen molar-refractivity contribution in [3.63, 3.8) is 0 Å². The normalized spacial score (nSPS) is 19.2. The van der Waals surface area contributed by atoms with Crippen LogP contribution in [0.25, 0.3) is 6.08 Å². The number of aromatic nitrogens is 1. The molecule has 0 radical (unpaired) electrons. The predicted molar refractivity (Wildman–Crippen MR) is 95.1 cm³/mol. The number of ether oxygens (including phenoxy) is 2. The van der Waals surface area contributed by atoms with E-state index in [0.29, 0.717) is 16.4 Å². The van der Waals surface area contributed by atoms with E-state index in [1.54, 1.807) is 24.3 Å². The Morgan fingerprint density at radius 2 is 2.08 bits per heavy atom. The summed E-state index contributed by atoms with van der Waals surface area (Å²) in [6.45, 7) is 0.160. The third kappa shape index (κ3) is 3.28. The van der Waals surface area contributed by atoms with E-state index in [0.717, 1.165) is 17.3 Å². The van der Waals surface area contributed by atoms with Crippen LogP contribution < -0.4 is 14.8 Å². The van der Waals surface area contributed by atoms with Crippen LogP contribution in [0, 0.1) is 0 Å². The van der Waals surface area contributed by atoms with Gasteiger partial charge in [-0.25, -0.2) is 0 Å². The van der Waals surface area contributed by atoms with Crippen molar-refractivity contribution in [3.05, 3.63) is 53.2 Å². The Kier molecular flexibility index (Phi) is 4.13. The Labute approximate surface area is 153 Å². The third-order valence-electron chi connectivity index (χ3n) is 3.48. The Morgan fingerprint density at radius 3 is 2.88 bits per heavy atom. The number of sulfonamides is 1. The second-order valence-electron chi connectivity index (χ2n) is 5.24. The number of nitrogens with one attached hydrogen (secondary N) is 1. The van der Waals surface area contributed by atoms with Crippen molar-refractivity contribution < 1.29 is 22.7 Å². The number of nitrogens with zero attached hydrogens (tertiary/aromatic N) is 2. The minimum atomic E-state index is -3.95. The van der Waals surface area contributed by atoms with Crippen LogP contribution in [0.1, 0.15) is 5.56 Å². The molecule has 2 aliphatic heterocycles. The van der Waals surface area contributed by atoms with E-state index in [1.807, 2.05) is 0 Å². The fourth-order valence-corrected chi connectivity index (χ4v) is 4.24. The van der Waals surface area contributed by atoms with Gasteiger partial charge in [-0.3, -0.25) is 15.1 Å². The SMILES string of the molecule is O=C1NC(=NS(=O)(=O)c2cccnc2)SC1=Cc1ccc2c(c1)OCO2. The summed E-state index contributed by atoms with van der Waals surface area (Å²) in [5.74, 6) is 0.809. The fourth-order valence-electron chi connectivity index (χ4n) is 2.29. The number of hydrogen-bond acceptors (Lipinski definition) is 7. The molecule has 2 aliphatic rings. The number of amidine groups is 1. The van der Waals surface area contributed by atoms with Gasteiger partial charge in [-0.1, -0.05) is 6.07 Å². The molecule has 10 heteroatoms. The molecule has 0 atom stereocenters. The van der Waals surface area contributed by atoms with E-state index in [-0.39, 0.29) is 16.9 Å². The molecule has 0 aliphatic carbocycles. The van der Waals surface area contributed by atoms with Crippen LogP contribution in [0.15, 0.2) is 56.9 Å². The molecule has 0 spiro atoms. The van der Waals surface area contributed by atoms with E-state index in [1.165, 1.54) is 24.5 Å². The van der Waals surface area contributed by atoms with Gasteiger partial charge in [0.2, 0.25) is 6.79 Å². The summed E-state index contributed by atoms with van der Waals surface area (Å²) in [6.07, 6.45) is 4.29. The quantitative estimate of drug-likeness (QED) is 0.797. The first kappa shape index (κ1) is 16.6. The van der Waals surface area contributed by atoms with Crippen LogP contribution in [-0.4, -0.2) is 31.3 Å². The van der Waals surface area contributed by atoms with Crippen molar-refractivity contribution in [2.45, 2.75) is 4.90 Å². The molecule has 1 aromatic carbocycles. The lowest BCUT2D eigenvalue weighted by Gasteiger charge is -1.99. The Balaban J connectivity index is 1.59. The lowest BCUT2D eigenvalue weighted by molar-refractivity contribution is -0.115. The van der Waals surface area contributed by atoms with Crippen LogP contribution in [0.2, 0.25) is 0 Å². The van der Waals surface area contributed by atoms with E-state index in [4.69, 9.17) is 9.47 Å². The lowest BCUT2D eigenvalue weighted by Crippen LogP contribution is -2.20. The summed E-state index contributed by atoms with van der Waals surface area (Å²) >= 11 is 0.947. The van der Waals surface area contributed by atoms with Crippen molar-refractivity contribution in [2.24, 2.45) is 4.40 Å². The second kappa shape index (κ2) is 6.46. The van der Waals surface area contributed by atoms with Crippen molar-refractivity contribution in [1.29, 1.82) is 0 Å². The number of rotatable bonds is 3. The number of pyridine rings is 1. The summed E-state index contributed by atoms with van der Waals surface area (Å²) in [6, 6.07) is 8.14. The zero-order valence-corrected chi connectivity index (χ0v) is 14.7. The third-order valence-corrected chi connectivity index (χ3v) is 5.77. The van der Waals surface area contributed by atoms with Gasteiger partial charge in [0.25, 0.3) is 15.9 Å². The van der Waals surface area contributed by atoms with Gasteiger partial charge in [0.1, 0.15) is 4.90 Å². The molecule has 1 fully saturated rings. The van der Waals surface area contributed by atoms with Crippen molar-refractivity contribution in [3.8, 4) is 11.5 Å². The first-order valence-electron chi connectivity index (χ1n) is 7.37. The van der Waals surface area contributed by atoms with E-state index in [9.17, 15) is 13.2 Å². The first-order valence-corrected chi connectivity index (χ1v) is 9.62. The highest BCUT2D eigenvalue weighted by Gasteiger charge is 2.27. The Morgan fingerprint density at radius 1 is 1.23 bits per heavy atom. The number of hydrogen-bond donors (Lipinski definition) is 1. The maximum absolute atomic E-state index is 12.2. The molecule has 0 bridgehead atoms. The largest absolute Gasteiger partial charge is 0.454 e. The maximum Gasteiger partial charge on any atom is 0.286 e. The van der Waals surface area contributed by atoms with Crippen LogP contribution in [0.4, 0.5) is 0 Å². The molecule has 1 aromatic heterocycles. The van der Waals surface area contributed by atoms with Crippen molar-refractivity contribution >= 4 is 38.9 Å². The predicted octanol–water partition coefficient (Wildman–Crippen LogP) is 1.76. The van der Waals surface area contributed by atoms with Gasteiger partial charge in [0.15, 0.2) is 16.7 Å². The first-order chi connectivity index (χ1) is 12.5. The van der Waals surface area contributed by atoms with Gasteiger partial charge in [0, 0.05) is 12.4 Å². The molecular formula is C16H11N3O5S2. The number of carbonyl (C=O) groups is 1. The minimum absolute atomic E-state index is 0.00848. The number of benzene rings is 1. The summed E-state index contributed by atoms with van der Waals surface area (Å²) in [5, 5.41) is 2.44. The van der Waals surface area contributed by atoms with Gasteiger partial charge in [-0.2, -0.15) is 8.42 Å². The van der Waals surface area contributed by atoms with Crippen molar-refractivity contribution in [1.82, 2.24) is 10.3 Å². The zero-order chi connectivity index (χ0) is 18.1. The van der Waals surface area contributed by atoms with E-state index < -0.39 is 15.9 Å². The van der Waals surface area contributed by atoms with Crippen molar-refractivity contribution in [2.75, 3.05) is 6.79 Å². The van der Waals surface area contributed by atoms with Crippen LogP contribution in [0.3, 0.4) is 0 Å². The average Bonchev–Trinajstić information content (AvgIpc) is 3.21. The average molecular weight is 389 g/mol. The van der Waals surface area contributed by atoms with Gasteiger partial charge in [-0.05, 0) is 47.7 Å². The molecule has 1 N–H and O–H groups in total. The van der Waals surface area contributed by atoms with Crippen LogP contribution in [0.5, 0.6) is 11.5 Å². The number of thioether (sulfide) groups is 1. The van der Waals surface area contributed by atoms with Crippen LogP contribution in [-0.2, 0) is 14.8 Å². The highest BCUT2D eigenvalue weighted by molar-refractivity contribution is 8.19. The summed E-state index contributed by atoms with van der Waals surface area (Å²) in [5.41, 5.74) is 0.725. The lowest BCUT2D eigenvalue weighted by atomic mass is 10.2. The van der Waals surface area contributed by atoms with Crippen LogP contribution >= 0.6 is 11.8 Å². The molecule has 26 heavy (non-hydrogen) atoms. The molecule has 1 saturated heterocycles. The minimum Gasteiger partial charge on any atom is -0.454 e. The second-order valence-corrected chi connectivity index (χ2v) is 7.87. The summed E-state index contributed by atoms with van der Waals surface area (Å²) in [7, 11) is -3.95. The topological polar surface area (TPSA) is 107 Å². The number of carbonyl (C=O) groups excluding carboxylic acids is 1. The number of fused-ring (bicyclic) bond motifs is 1. The molecular weight excluding hydrogens is 378 g/mol. The monoisotopic (exact) mass is 389 g/mol. The van der Waals surface area contributed by atoms with Gasteiger partial charge >= 0.3 is 0 Å². The van der Waals surface area contributed by atoms with Gasteiger partial charge < -0.3 is 9.47 Å². The highest BCUT2D eigenvalue weighted by atomic mass is 32.2. The smallest absolute Gasteiger partial charge is 0.286 e. The molecule has 0 saturated carbocycles. The zero-order valence-electron chi connectivity index (χ0n) is 13.1. The van der Waals surface area contributed by atoms with E-state index >= 15 is 0 Å². The summed E-state index contributed by atoms with van der Waals surface area (Å²) < 4.78 is 38.7. The molecule has 8 nitrogen and oxygen atoms in total. The van der Waals surface area contributed by atoms with E-state index in [2.05, 4.69) is 14.7 Å². The van der Waals surface area contributed by atoms with Gasteiger partial charge in [0.05, 0.1) is 4.91 Å². The highest BCUT2D eigenvalue weighted by Crippen LogP contribution is 2.34. The molecule has 2 aromatic rings. The fraction of sp³-hybridized carbons (Fsp3) is 0.0625.